The maximum absolute atomic E-state index is 13.1. The molecule has 0 radical (unpaired) electrons. The first-order valence-corrected chi connectivity index (χ1v) is 10.4. The number of esters is 1. The van der Waals surface area contributed by atoms with Gasteiger partial charge in [0.15, 0.2) is 0 Å². The lowest BCUT2D eigenvalue weighted by Crippen LogP contribution is -2.22. The lowest BCUT2D eigenvalue weighted by atomic mass is 10.1. The van der Waals surface area contributed by atoms with Crippen molar-refractivity contribution in [3.8, 4) is 0 Å². The molecule has 0 spiro atoms. The Labute approximate surface area is 179 Å². The number of rotatable bonds is 4. The second-order valence-corrected chi connectivity index (χ2v) is 8.23. The molecule has 0 aliphatic carbocycles. The lowest BCUT2D eigenvalue weighted by Gasteiger charge is -2.09. The van der Waals surface area contributed by atoms with Crippen molar-refractivity contribution in [3.63, 3.8) is 0 Å². The van der Waals surface area contributed by atoms with Crippen LogP contribution in [-0.2, 0) is 11.3 Å². The molecule has 0 aliphatic rings. The van der Waals surface area contributed by atoms with Gasteiger partial charge in [0.25, 0.3) is 5.56 Å². The first kappa shape index (κ1) is 20.3. The molecule has 0 bridgehead atoms. The molecule has 0 atom stereocenters. The number of ether oxygens (including phenoxy) is 1. The van der Waals surface area contributed by atoms with Gasteiger partial charge in [-0.15, -0.1) is 11.3 Å². The van der Waals surface area contributed by atoms with Crippen LogP contribution in [0.15, 0.2) is 38.5 Å². The van der Waals surface area contributed by atoms with Gasteiger partial charge in [-0.1, -0.05) is 11.6 Å². The zero-order chi connectivity index (χ0) is 21.6. The summed E-state index contributed by atoms with van der Waals surface area (Å²) in [5.74, 6) is -0.472. The van der Waals surface area contributed by atoms with Crippen LogP contribution in [0.3, 0.4) is 0 Å². The average molecular weight is 445 g/mol. The van der Waals surface area contributed by atoms with Crippen LogP contribution in [0.25, 0.3) is 21.2 Å². The smallest absolute Gasteiger partial charge is 0.348 e. The molecule has 0 saturated heterocycles. The predicted molar refractivity (Wildman–Crippen MR) is 116 cm³/mol. The van der Waals surface area contributed by atoms with Crippen LogP contribution in [0.2, 0.25) is 5.02 Å². The second-order valence-electron chi connectivity index (χ2n) is 6.82. The number of carbonyl (C=O) groups excluding carboxylic acids is 1. The highest BCUT2D eigenvalue weighted by molar-refractivity contribution is 7.20. The van der Waals surface area contributed by atoms with Gasteiger partial charge in [0, 0.05) is 16.5 Å². The van der Waals surface area contributed by atoms with E-state index in [1.165, 1.54) is 17.0 Å². The highest BCUT2D eigenvalue weighted by Gasteiger charge is 2.20. The maximum atomic E-state index is 13.1. The first-order chi connectivity index (χ1) is 14.3. The van der Waals surface area contributed by atoms with E-state index < -0.39 is 11.6 Å². The lowest BCUT2D eigenvalue weighted by molar-refractivity contribution is 0.0531. The van der Waals surface area contributed by atoms with E-state index in [1.807, 2.05) is 6.92 Å². The Morgan fingerprint density at radius 2 is 2.03 bits per heavy atom. The number of halogens is 1. The van der Waals surface area contributed by atoms with E-state index >= 15 is 0 Å². The number of aromatic nitrogens is 2. The van der Waals surface area contributed by atoms with E-state index in [4.69, 9.17) is 20.8 Å². The fourth-order valence-electron chi connectivity index (χ4n) is 3.33. The van der Waals surface area contributed by atoms with Gasteiger partial charge in [-0.05, 0) is 49.6 Å². The number of thiophene rings is 1. The SMILES string of the molecule is CCOC(=O)c1sc2ncn(Cc3cc(=O)oc4cc(C)c(Cl)cc34)c(=O)c2c1C. The quantitative estimate of drug-likeness (QED) is 0.348. The molecule has 9 heteroatoms. The van der Waals surface area contributed by atoms with Crippen molar-refractivity contribution in [3.05, 3.63) is 71.9 Å². The summed E-state index contributed by atoms with van der Waals surface area (Å²) in [6, 6.07) is 4.76. The Kier molecular flexibility index (Phi) is 5.21. The Hall–Kier alpha value is -2.97. The molecule has 3 heterocycles. The van der Waals surface area contributed by atoms with Crippen LogP contribution in [0.5, 0.6) is 0 Å². The first-order valence-electron chi connectivity index (χ1n) is 9.18. The second kappa shape index (κ2) is 7.70. The topological polar surface area (TPSA) is 91.4 Å². The Morgan fingerprint density at radius 3 is 2.77 bits per heavy atom. The summed E-state index contributed by atoms with van der Waals surface area (Å²) in [5, 5.41) is 1.55. The largest absolute Gasteiger partial charge is 0.462 e. The van der Waals surface area contributed by atoms with Crippen LogP contribution in [0.4, 0.5) is 0 Å². The van der Waals surface area contributed by atoms with E-state index in [-0.39, 0.29) is 18.7 Å². The number of aryl methyl sites for hydroxylation is 2. The van der Waals surface area contributed by atoms with Crippen molar-refractivity contribution in [2.75, 3.05) is 6.61 Å². The van der Waals surface area contributed by atoms with Crippen molar-refractivity contribution < 1.29 is 13.9 Å². The van der Waals surface area contributed by atoms with Gasteiger partial charge in [-0.25, -0.2) is 14.6 Å². The summed E-state index contributed by atoms with van der Waals surface area (Å²) in [5.41, 5.74) is 1.49. The Bertz CT molecular complexity index is 1430. The van der Waals surface area contributed by atoms with Gasteiger partial charge in [0.1, 0.15) is 15.3 Å². The number of hydrogen-bond acceptors (Lipinski definition) is 7. The van der Waals surface area contributed by atoms with Crippen molar-refractivity contribution >= 4 is 50.1 Å². The molecule has 30 heavy (non-hydrogen) atoms. The summed E-state index contributed by atoms with van der Waals surface area (Å²) in [7, 11) is 0. The van der Waals surface area contributed by atoms with Crippen LogP contribution in [-0.4, -0.2) is 22.1 Å². The fourth-order valence-corrected chi connectivity index (χ4v) is 4.52. The molecular weight excluding hydrogens is 428 g/mol. The predicted octanol–water partition coefficient (Wildman–Crippen LogP) is 4.06. The molecule has 0 saturated carbocycles. The van der Waals surface area contributed by atoms with Gasteiger partial charge >= 0.3 is 11.6 Å². The maximum Gasteiger partial charge on any atom is 0.348 e. The van der Waals surface area contributed by atoms with Gasteiger partial charge < -0.3 is 9.15 Å². The van der Waals surface area contributed by atoms with Crippen molar-refractivity contribution in [2.24, 2.45) is 0 Å². The van der Waals surface area contributed by atoms with E-state index in [2.05, 4.69) is 4.98 Å². The van der Waals surface area contributed by atoms with Gasteiger partial charge in [0.05, 0.1) is 24.9 Å². The number of benzene rings is 1. The summed E-state index contributed by atoms with van der Waals surface area (Å²) < 4.78 is 11.7. The number of nitrogens with zero attached hydrogens (tertiary/aromatic N) is 2. The molecule has 0 fully saturated rings. The van der Waals surface area contributed by atoms with E-state index in [9.17, 15) is 14.4 Å². The monoisotopic (exact) mass is 444 g/mol. The molecule has 1 aromatic carbocycles. The summed E-state index contributed by atoms with van der Waals surface area (Å²) >= 11 is 7.38. The Morgan fingerprint density at radius 1 is 1.27 bits per heavy atom. The third kappa shape index (κ3) is 3.42. The molecule has 0 unspecified atom stereocenters. The van der Waals surface area contributed by atoms with Crippen molar-refractivity contribution in [2.45, 2.75) is 27.3 Å². The zero-order valence-corrected chi connectivity index (χ0v) is 18.0. The average Bonchev–Trinajstić information content (AvgIpc) is 3.03. The molecule has 4 aromatic rings. The van der Waals surface area contributed by atoms with Crippen molar-refractivity contribution in [1.82, 2.24) is 9.55 Å². The highest BCUT2D eigenvalue weighted by Crippen LogP contribution is 2.28. The van der Waals surface area contributed by atoms with Crippen LogP contribution in [0, 0.1) is 13.8 Å². The minimum Gasteiger partial charge on any atom is -0.462 e. The van der Waals surface area contributed by atoms with Gasteiger partial charge in [-0.2, -0.15) is 0 Å². The molecule has 7 nitrogen and oxygen atoms in total. The molecule has 4 rings (SSSR count). The summed E-state index contributed by atoms with van der Waals surface area (Å²) in [4.78, 5) is 42.5. The summed E-state index contributed by atoms with van der Waals surface area (Å²) in [6.07, 6.45) is 1.41. The fraction of sp³-hybridized carbons (Fsp3) is 0.238. The van der Waals surface area contributed by atoms with E-state index in [0.717, 1.165) is 16.9 Å². The molecule has 3 aromatic heterocycles. The van der Waals surface area contributed by atoms with E-state index in [1.54, 1.807) is 26.0 Å². The Balaban J connectivity index is 1.86. The summed E-state index contributed by atoms with van der Waals surface area (Å²) in [6.45, 7) is 5.59. The number of fused-ring (bicyclic) bond motifs is 2. The van der Waals surface area contributed by atoms with Gasteiger partial charge in [-0.3, -0.25) is 9.36 Å². The third-order valence-corrected chi connectivity index (χ3v) is 6.42. The molecule has 154 valence electrons. The highest BCUT2D eigenvalue weighted by atomic mass is 35.5. The van der Waals surface area contributed by atoms with Gasteiger partial charge in [0.2, 0.25) is 0 Å². The molecule has 0 N–H and O–H groups in total. The van der Waals surface area contributed by atoms with Crippen molar-refractivity contribution in [1.29, 1.82) is 0 Å². The zero-order valence-electron chi connectivity index (χ0n) is 16.4. The minimum absolute atomic E-state index is 0.104. The molecule has 0 amide bonds. The number of hydrogen-bond donors (Lipinski definition) is 0. The van der Waals surface area contributed by atoms with E-state index in [0.29, 0.717) is 42.2 Å². The standard InChI is InChI=1S/C21H17ClN2O5S/c1-4-28-21(27)18-11(3)17-19(30-18)23-9-24(20(17)26)8-12-6-16(25)29-15-5-10(2)14(22)7-13(12)15/h5-7,9H,4,8H2,1-3H3. The molecule has 0 aliphatic heterocycles. The van der Waals surface area contributed by atoms with Crippen LogP contribution >= 0.6 is 22.9 Å². The van der Waals surface area contributed by atoms with Crippen LogP contribution in [0.1, 0.15) is 33.3 Å². The normalized spacial score (nSPS) is 11.3. The minimum atomic E-state index is -0.516. The molecular formula is C21H17ClN2O5S. The third-order valence-electron chi connectivity index (χ3n) is 4.83. The number of carbonyl (C=O) groups is 1. The van der Waals surface area contributed by atoms with Crippen LogP contribution < -0.4 is 11.2 Å².